The molecule has 12 nitrogen and oxygen atoms in total. The van der Waals surface area contributed by atoms with Gasteiger partial charge in [0.25, 0.3) is 5.91 Å². The van der Waals surface area contributed by atoms with Crippen LogP contribution in [0.1, 0.15) is 81.6 Å². The summed E-state index contributed by atoms with van der Waals surface area (Å²) < 4.78 is 10.2. The van der Waals surface area contributed by atoms with Crippen molar-refractivity contribution in [3.05, 3.63) is 12.7 Å². The van der Waals surface area contributed by atoms with E-state index in [2.05, 4.69) is 22.5 Å². The van der Waals surface area contributed by atoms with Gasteiger partial charge in [0.05, 0.1) is 19.1 Å². The number of piperidine rings is 1. The molecule has 1 aliphatic heterocycles. The fourth-order valence-corrected chi connectivity index (χ4v) is 5.62. The van der Waals surface area contributed by atoms with Crippen molar-refractivity contribution in [3.8, 4) is 0 Å². The lowest BCUT2D eigenvalue weighted by Crippen LogP contribution is -2.60. The number of carbonyl (C=O) groups is 6. The number of hydrogen-bond acceptors (Lipinski definition) is 8. The van der Waals surface area contributed by atoms with Gasteiger partial charge in [-0.25, -0.2) is 4.79 Å². The van der Waals surface area contributed by atoms with Crippen LogP contribution in [0, 0.1) is 22.7 Å². The smallest absolute Gasteiger partial charge is 0.408 e. The van der Waals surface area contributed by atoms with E-state index in [1.807, 2.05) is 34.6 Å². The highest BCUT2D eigenvalue weighted by molar-refractivity contribution is 6.38. The molecule has 0 radical (unpaired) electrons. The summed E-state index contributed by atoms with van der Waals surface area (Å²) in [5.74, 6) is -3.37. The highest BCUT2D eigenvalue weighted by atomic mass is 16.6. The van der Waals surface area contributed by atoms with Crippen molar-refractivity contribution in [2.24, 2.45) is 22.7 Å². The molecular formula is C31H50N4O8. The molecule has 2 fully saturated rings. The maximum absolute atomic E-state index is 14.0. The number of nitrogens with zero attached hydrogens (tertiary/aromatic N) is 1. The second kappa shape index (κ2) is 13.9. The van der Waals surface area contributed by atoms with Gasteiger partial charge in [-0.3, -0.25) is 24.0 Å². The second-order valence-electron chi connectivity index (χ2n) is 13.9. The van der Waals surface area contributed by atoms with Crippen LogP contribution in [-0.2, 0) is 33.4 Å². The molecule has 1 saturated carbocycles. The Balaban J connectivity index is 2.25. The lowest BCUT2D eigenvalue weighted by atomic mass is 9.85. The summed E-state index contributed by atoms with van der Waals surface area (Å²) >= 11 is 0. The van der Waals surface area contributed by atoms with Crippen molar-refractivity contribution in [1.29, 1.82) is 0 Å². The predicted molar refractivity (Wildman–Crippen MR) is 160 cm³/mol. The summed E-state index contributed by atoms with van der Waals surface area (Å²) in [6.45, 7) is 20.4. The molecule has 0 aromatic heterocycles. The number of likely N-dealkylation sites (tertiary alicyclic amines) is 1. The molecule has 2 rings (SSSR count). The Bertz CT molecular complexity index is 1100. The van der Waals surface area contributed by atoms with Gasteiger partial charge in [-0.05, 0) is 63.2 Å². The summed E-state index contributed by atoms with van der Waals surface area (Å²) in [5.41, 5.74) is -1.68. The van der Waals surface area contributed by atoms with Crippen molar-refractivity contribution >= 4 is 35.6 Å². The van der Waals surface area contributed by atoms with Crippen molar-refractivity contribution in [3.63, 3.8) is 0 Å². The van der Waals surface area contributed by atoms with E-state index >= 15 is 0 Å². The Morgan fingerprint density at radius 1 is 1.05 bits per heavy atom. The maximum atomic E-state index is 14.0. The number of alkyl carbamates (subject to hydrolysis) is 1. The van der Waals surface area contributed by atoms with Gasteiger partial charge in [0.15, 0.2) is 0 Å². The zero-order valence-corrected chi connectivity index (χ0v) is 27.1. The van der Waals surface area contributed by atoms with E-state index in [4.69, 9.17) is 9.47 Å². The Morgan fingerprint density at radius 3 is 2.21 bits per heavy atom. The molecule has 0 aromatic carbocycles. The molecule has 43 heavy (non-hydrogen) atoms. The number of fused-ring (bicyclic) bond motifs is 1. The van der Waals surface area contributed by atoms with Crippen LogP contribution in [0.3, 0.4) is 0 Å². The number of ether oxygens (including phenoxy) is 2. The van der Waals surface area contributed by atoms with Gasteiger partial charge in [0, 0.05) is 13.1 Å². The maximum Gasteiger partial charge on any atom is 0.408 e. The first kappa shape index (κ1) is 35.8. The zero-order valence-electron chi connectivity index (χ0n) is 27.1. The molecule has 5 atom stereocenters. The molecule has 5 unspecified atom stereocenters. The average Bonchev–Trinajstić information content (AvgIpc) is 3.20. The molecule has 12 heteroatoms. The third-order valence-corrected chi connectivity index (χ3v) is 7.97. The van der Waals surface area contributed by atoms with E-state index in [1.165, 1.54) is 4.90 Å². The molecule has 1 aliphatic carbocycles. The number of amides is 4. The van der Waals surface area contributed by atoms with E-state index in [0.717, 1.165) is 0 Å². The minimum absolute atomic E-state index is 0.0582. The fraction of sp³-hybridized carbons (Fsp3) is 0.742. The second-order valence-corrected chi connectivity index (χ2v) is 13.9. The van der Waals surface area contributed by atoms with Crippen molar-refractivity contribution in [2.45, 2.75) is 105 Å². The highest BCUT2D eigenvalue weighted by Gasteiger charge is 2.70. The molecule has 242 valence electrons. The van der Waals surface area contributed by atoms with Crippen molar-refractivity contribution < 1.29 is 38.2 Å². The van der Waals surface area contributed by atoms with Gasteiger partial charge in [0.2, 0.25) is 17.6 Å². The molecule has 0 spiro atoms. The number of carbonyl (C=O) groups excluding carboxylic acids is 6. The van der Waals surface area contributed by atoms with E-state index in [1.54, 1.807) is 33.8 Å². The molecule has 4 amide bonds. The first-order valence-corrected chi connectivity index (χ1v) is 14.9. The quantitative estimate of drug-likeness (QED) is 0.164. The van der Waals surface area contributed by atoms with Crippen LogP contribution in [0.4, 0.5) is 4.79 Å². The number of hydrogen-bond donors (Lipinski definition) is 3. The number of rotatable bonds is 13. The minimum Gasteiger partial charge on any atom is -0.466 e. The lowest BCUT2D eigenvalue weighted by molar-refractivity contribution is -0.145. The summed E-state index contributed by atoms with van der Waals surface area (Å²) in [4.78, 5) is 79.3. The normalized spacial score (nSPS) is 21.9. The number of ketones is 1. The van der Waals surface area contributed by atoms with Gasteiger partial charge in [-0.2, -0.15) is 0 Å². The number of nitrogens with one attached hydrogen (secondary N) is 3. The molecule has 3 N–H and O–H groups in total. The summed E-state index contributed by atoms with van der Waals surface area (Å²) in [6.07, 6.45) is 1.22. The molecule has 0 aromatic rings. The van der Waals surface area contributed by atoms with Crippen LogP contribution in [-0.4, -0.2) is 83.9 Å². The van der Waals surface area contributed by atoms with E-state index in [-0.39, 0.29) is 43.2 Å². The number of Topliss-reactive ketones (excluding diaryl/α,β-unsaturated/α-hetero) is 1. The van der Waals surface area contributed by atoms with Crippen LogP contribution >= 0.6 is 0 Å². The largest absolute Gasteiger partial charge is 0.466 e. The van der Waals surface area contributed by atoms with Crippen LogP contribution in [0.15, 0.2) is 12.7 Å². The summed E-state index contributed by atoms with van der Waals surface area (Å²) in [6, 6.07) is -3.05. The van der Waals surface area contributed by atoms with Gasteiger partial charge in [-0.15, -0.1) is 6.58 Å². The summed E-state index contributed by atoms with van der Waals surface area (Å²) in [5, 5.41) is 7.84. The minimum atomic E-state index is -1.16. The third-order valence-electron chi connectivity index (χ3n) is 7.97. The highest BCUT2D eigenvalue weighted by Crippen LogP contribution is 2.65. The predicted octanol–water partition coefficient (Wildman–Crippen LogP) is 2.50. The SMILES string of the molecule is C=CCCC(NC(=O)C1C2C(CN1C(=O)C(NC(=O)OC(C)(C)C)C(C)(C)C)C2(C)C)C(=O)C(=O)NCCC(=O)OCC. The third kappa shape index (κ3) is 9.27. The lowest BCUT2D eigenvalue weighted by Gasteiger charge is -2.38. The van der Waals surface area contributed by atoms with Crippen LogP contribution < -0.4 is 16.0 Å². The van der Waals surface area contributed by atoms with Crippen LogP contribution in [0.5, 0.6) is 0 Å². The molecule has 0 bridgehead atoms. The Kier molecular flexibility index (Phi) is 11.6. The van der Waals surface area contributed by atoms with Gasteiger partial charge in [-0.1, -0.05) is 40.7 Å². The molecule has 1 saturated heterocycles. The van der Waals surface area contributed by atoms with Gasteiger partial charge < -0.3 is 30.3 Å². The average molecular weight is 607 g/mol. The Hall–Kier alpha value is -3.44. The van der Waals surface area contributed by atoms with Crippen molar-refractivity contribution in [2.75, 3.05) is 19.7 Å². The summed E-state index contributed by atoms with van der Waals surface area (Å²) in [7, 11) is 0. The fourth-order valence-electron chi connectivity index (χ4n) is 5.62. The Morgan fingerprint density at radius 2 is 1.67 bits per heavy atom. The number of esters is 1. The monoisotopic (exact) mass is 606 g/mol. The molecule has 2 aliphatic rings. The first-order chi connectivity index (χ1) is 19.8. The van der Waals surface area contributed by atoms with Crippen molar-refractivity contribution in [1.82, 2.24) is 20.9 Å². The van der Waals surface area contributed by atoms with Crippen LogP contribution in [0.25, 0.3) is 0 Å². The van der Waals surface area contributed by atoms with E-state index in [0.29, 0.717) is 13.0 Å². The van der Waals surface area contributed by atoms with E-state index in [9.17, 15) is 28.8 Å². The zero-order chi connectivity index (χ0) is 32.9. The molecular weight excluding hydrogens is 556 g/mol. The first-order valence-electron chi connectivity index (χ1n) is 14.9. The standard InChI is InChI=1S/C31H50N4O8/c1-11-13-14-19(23(37)26(39)32-16-15-20(36)42-12-2)33-25(38)22-21-18(31(21,9)10)17-35(22)27(40)24(29(3,4)5)34-28(41)43-30(6,7)8/h11,18-19,21-22,24H,1,12-17H2,2-10H3,(H,32,39)(H,33,38)(H,34,41). The van der Waals surface area contributed by atoms with Gasteiger partial charge in [0.1, 0.15) is 17.7 Å². The number of allylic oxidation sites excluding steroid dienone is 1. The topological polar surface area (TPSA) is 160 Å². The van der Waals surface area contributed by atoms with Gasteiger partial charge >= 0.3 is 12.1 Å². The van der Waals surface area contributed by atoms with Crippen LogP contribution in [0.2, 0.25) is 0 Å². The van der Waals surface area contributed by atoms with E-state index < -0.39 is 64.7 Å². The molecule has 1 heterocycles. The Labute approximate surface area is 255 Å².